The lowest BCUT2D eigenvalue weighted by atomic mass is 10.1. The fraction of sp³-hybridized carbons (Fsp3) is 0.500. The lowest BCUT2D eigenvalue weighted by Gasteiger charge is -2.30. The topological polar surface area (TPSA) is 55.7 Å². The zero-order chi connectivity index (χ0) is 15.5. The van der Waals surface area contributed by atoms with Crippen LogP contribution >= 0.6 is 11.9 Å². The van der Waals surface area contributed by atoms with Gasteiger partial charge in [-0.15, -0.1) is 0 Å². The molecule has 0 aliphatic carbocycles. The summed E-state index contributed by atoms with van der Waals surface area (Å²) in [5.74, 6) is 0. The Morgan fingerprint density at radius 1 is 1.29 bits per heavy atom. The highest BCUT2D eigenvalue weighted by molar-refractivity contribution is 8.06. The van der Waals surface area contributed by atoms with Gasteiger partial charge >= 0.3 is 0 Å². The van der Waals surface area contributed by atoms with Crippen LogP contribution in [0.3, 0.4) is 0 Å². The van der Waals surface area contributed by atoms with Crippen molar-refractivity contribution in [1.29, 1.82) is 0 Å². The number of nitrogens with zero attached hydrogens (tertiary/aromatic N) is 1. The minimum Gasteiger partial charge on any atom is -0.394 e. The number of nitrogens with one attached hydrogen (secondary N) is 1. The molecule has 21 heavy (non-hydrogen) atoms. The normalized spacial score (nSPS) is 18.1. The first kappa shape index (κ1) is 16.4. The van der Waals surface area contributed by atoms with Crippen molar-refractivity contribution in [1.82, 2.24) is 9.62 Å². The van der Waals surface area contributed by atoms with Gasteiger partial charge in [0.05, 0.1) is 24.2 Å². The molecule has 0 fully saturated rings. The third kappa shape index (κ3) is 4.23. The van der Waals surface area contributed by atoms with Crippen LogP contribution in [0.1, 0.15) is 26.3 Å². The van der Waals surface area contributed by atoms with E-state index in [1.807, 2.05) is 18.2 Å². The second-order valence-electron chi connectivity index (χ2n) is 6.19. The summed E-state index contributed by atoms with van der Waals surface area (Å²) in [4.78, 5) is 1.19. The fourth-order valence-electron chi connectivity index (χ4n) is 2.05. The molecule has 1 aliphatic heterocycles. The van der Waals surface area contributed by atoms with Gasteiger partial charge in [0.1, 0.15) is 0 Å². The third-order valence-electron chi connectivity index (χ3n) is 3.32. The lowest BCUT2D eigenvalue weighted by molar-refractivity contribution is 0.0962. The largest absolute Gasteiger partial charge is 0.394 e. The molecule has 4 nitrogen and oxygen atoms in total. The quantitative estimate of drug-likeness (QED) is 0.727. The average molecular weight is 308 g/mol. The number of aliphatic hydroxyl groups is 2. The van der Waals surface area contributed by atoms with Crippen LogP contribution in [-0.2, 0) is 0 Å². The van der Waals surface area contributed by atoms with Crippen LogP contribution in [0.2, 0.25) is 0 Å². The molecule has 2 rings (SSSR count). The van der Waals surface area contributed by atoms with E-state index in [1.54, 1.807) is 11.9 Å². The van der Waals surface area contributed by atoms with Crippen LogP contribution in [0.25, 0.3) is 4.91 Å². The van der Waals surface area contributed by atoms with E-state index in [-0.39, 0.29) is 12.1 Å². The molecule has 3 N–H and O–H groups in total. The summed E-state index contributed by atoms with van der Waals surface area (Å²) in [6.07, 6.45) is -0.733. The molecule has 0 aromatic heterocycles. The van der Waals surface area contributed by atoms with Crippen LogP contribution < -0.4 is 5.32 Å². The summed E-state index contributed by atoms with van der Waals surface area (Å²) in [6.45, 7) is 7.50. The highest BCUT2D eigenvalue weighted by Crippen LogP contribution is 2.42. The van der Waals surface area contributed by atoms with Crippen LogP contribution in [0.15, 0.2) is 36.0 Å². The molecule has 1 unspecified atom stereocenters. The summed E-state index contributed by atoms with van der Waals surface area (Å²) in [7, 11) is 0. The second kappa shape index (κ2) is 6.83. The summed E-state index contributed by atoms with van der Waals surface area (Å²) in [5.41, 5.74) is 2.34. The zero-order valence-electron chi connectivity index (χ0n) is 12.8. The number of aliphatic hydroxyl groups excluding tert-OH is 2. The Labute approximate surface area is 131 Å². The summed E-state index contributed by atoms with van der Waals surface area (Å²) in [6, 6.07) is 10.3. The van der Waals surface area contributed by atoms with Gasteiger partial charge in [-0.25, -0.2) is 4.31 Å². The van der Waals surface area contributed by atoms with E-state index >= 15 is 0 Å². The molecule has 0 amide bonds. The maximum atomic E-state index is 9.55. The number of hydrogen-bond acceptors (Lipinski definition) is 5. The molecule has 1 atom stereocenters. The first-order valence-corrected chi connectivity index (χ1v) is 7.96. The molecular weight excluding hydrogens is 284 g/mol. The van der Waals surface area contributed by atoms with E-state index in [0.29, 0.717) is 6.54 Å². The van der Waals surface area contributed by atoms with Gasteiger partial charge in [-0.1, -0.05) is 30.3 Å². The van der Waals surface area contributed by atoms with Gasteiger partial charge in [-0.3, -0.25) is 0 Å². The van der Waals surface area contributed by atoms with E-state index in [9.17, 15) is 5.11 Å². The summed E-state index contributed by atoms with van der Waals surface area (Å²) < 4.78 is 2.32. The molecule has 0 radical (unpaired) electrons. The zero-order valence-corrected chi connectivity index (χ0v) is 13.7. The molecule has 5 heteroatoms. The third-order valence-corrected chi connectivity index (χ3v) is 4.89. The standard InChI is InChI=1S/C16H24N2O2S/c1-16(2,3)18-10-14(17-9-13(20)11-19)15(21-18)12-7-5-4-6-8-12/h4-8,13,17,19-20H,9-11H2,1-3H3. The van der Waals surface area contributed by atoms with Crippen molar-refractivity contribution in [2.75, 3.05) is 19.7 Å². The van der Waals surface area contributed by atoms with Crippen molar-refractivity contribution < 1.29 is 10.2 Å². The van der Waals surface area contributed by atoms with E-state index in [2.05, 4.69) is 42.5 Å². The first-order valence-electron chi connectivity index (χ1n) is 7.19. The van der Waals surface area contributed by atoms with Crippen molar-refractivity contribution in [3.05, 3.63) is 41.6 Å². The minimum atomic E-state index is -0.733. The van der Waals surface area contributed by atoms with Crippen molar-refractivity contribution in [3.8, 4) is 0 Å². The SMILES string of the molecule is CC(C)(C)N1CC(NCC(O)CO)=C(c2ccccc2)S1. The fourth-order valence-corrected chi connectivity index (χ4v) is 3.22. The molecular formula is C16H24N2O2S. The van der Waals surface area contributed by atoms with E-state index in [0.717, 1.165) is 12.2 Å². The average Bonchev–Trinajstić information content (AvgIpc) is 2.90. The Morgan fingerprint density at radius 3 is 2.52 bits per heavy atom. The van der Waals surface area contributed by atoms with Gasteiger partial charge in [0.25, 0.3) is 0 Å². The maximum Gasteiger partial charge on any atom is 0.0942 e. The molecule has 1 aliphatic rings. The van der Waals surface area contributed by atoms with Crippen LogP contribution in [-0.4, -0.2) is 45.9 Å². The Kier molecular flexibility index (Phi) is 5.32. The van der Waals surface area contributed by atoms with E-state index < -0.39 is 6.10 Å². The van der Waals surface area contributed by atoms with E-state index in [4.69, 9.17) is 5.11 Å². The van der Waals surface area contributed by atoms with Crippen molar-refractivity contribution >= 4 is 16.9 Å². The first-order chi connectivity index (χ1) is 9.91. The van der Waals surface area contributed by atoms with Gasteiger partial charge in [-0.2, -0.15) is 0 Å². The van der Waals surface area contributed by atoms with Gasteiger partial charge in [0, 0.05) is 17.8 Å². The number of benzene rings is 1. The Morgan fingerprint density at radius 2 is 1.95 bits per heavy atom. The second-order valence-corrected chi connectivity index (χ2v) is 7.22. The van der Waals surface area contributed by atoms with Crippen molar-refractivity contribution in [2.45, 2.75) is 32.4 Å². The lowest BCUT2D eigenvalue weighted by Crippen LogP contribution is -2.37. The molecule has 1 heterocycles. The van der Waals surface area contributed by atoms with Crippen LogP contribution in [0.5, 0.6) is 0 Å². The maximum absolute atomic E-state index is 9.55. The molecule has 0 bridgehead atoms. The van der Waals surface area contributed by atoms with Gasteiger partial charge < -0.3 is 15.5 Å². The molecule has 0 spiro atoms. The highest BCUT2D eigenvalue weighted by Gasteiger charge is 2.31. The minimum absolute atomic E-state index is 0.0592. The van der Waals surface area contributed by atoms with E-state index in [1.165, 1.54) is 10.5 Å². The molecule has 0 saturated carbocycles. The summed E-state index contributed by atoms with van der Waals surface area (Å²) >= 11 is 1.74. The monoisotopic (exact) mass is 308 g/mol. The molecule has 0 saturated heterocycles. The molecule has 1 aromatic rings. The number of rotatable bonds is 5. The van der Waals surface area contributed by atoms with Crippen molar-refractivity contribution in [2.24, 2.45) is 0 Å². The Bertz CT molecular complexity index is 497. The van der Waals surface area contributed by atoms with Gasteiger partial charge in [-0.05, 0) is 38.3 Å². The Balaban J connectivity index is 2.20. The Hall–Kier alpha value is -1.01. The highest BCUT2D eigenvalue weighted by atomic mass is 32.2. The van der Waals surface area contributed by atoms with Crippen LogP contribution in [0, 0.1) is 0 Å². The van der Waals surface area contributed by atoms with Crippen LogP contribution in [0.4, 0.5) is 0 Å². The predicted molar refractivity (Wildman–Crippen MR) is 88.5 cm³/mol. The van der Waals surface area contributed by atoms with Gasteiger partial charge in [0.2, 0.25) is 0 Å². The van der Waals surface area contributed by atoms with Crippen molar-refractivity contribution in [3.63, 3.8) is 0 Å². The smallest absolute Gasteiger partial charge is 0.0942 e. The van der Waals surface area contributed by atoms with Gasteiger partial charge in [0.15, 0.2) is 0 Å². The summed E-state index contributed by atoms with van der Waals surface area (Å²) in [5, 5.41) is 21.8. The molecule has 116 valence electrons. The molecule has 1 aromatic carbocycles. The predicted octanol–water partition coefficient (Wildman–Crippen LogP) is 2.06. The number of hydrogen-bond donors (Lipinski definition) is 3.